The van der Waals surface area contributed by atoms with Gasteiger partial charge in [-0.3, -0.25) is 4.79 Å². The molecule has 0 spiro atoms. The van der Waals surface area contributed by atoms with E-state index in [-0.39, 0.29) is 17.5 Å². The molecule has 2 rings (SSSR count). The Hall–Kier alpha value is -1.89. The van der Waals surface area contributed by atoms with Gasteiger partial charge < -0.3 is 5.32 Å². The van der Waals surface area contributed by atoms with Crippen molar-refractivity contribution in [2.75, 3.05) is 5.32 Å². The number of hydrogen-bond donors (Lipinski definition) is 1. The maximum atomic E-state index is 14.6. The van der Waals surface area contributed by atoms with E-state index in [4.69, 9.17) is 0 Å². The highest BCUT2D eigenvalue weighted by Gasteiger charge is 2.32. The van der Waals surface area contributed by atoms with Crippen LogP contribution in [0.3, 0.4) is 0 Å². The Morgan fingerprint density at radius 3 is 2.37 bits per heavy atom. The third kappa shape index (κ3) is 6.06. The second kappa shape index (κ2) is 9.35. The van der Waals surface area contributed by atoms with Crippen molar-refractivity contribution in [2.45, 2.75) is 45.0 Å². The molecule has 146 valence electrons. The highest BCUT2D eigenvalue weighted by Crippen LogP contribution is 2.34. The highest BCUT2D eigenvalue weighted by molar-refractivity contribution is 9.10. The molecule has 0 saturated heterocycles. The summed E-state index contributed by atoms with van der Waals surface area (Å²) in [6, 6.07) is 9.17. The predicted molar refractivity (Wildman–Crippen MR) is 102 cm³/mol. The van der Waals surface area contributed by atoms with Crippen LogP contribution in [0.25, 0.3) is 0 Å². The standard InChI is InChI=1S/C20H20BrF4NO/c1-2-3-4-5-18(22)16-11-6-13(20(23,24)25)12-17(16)19(27)26-15-9-7-14(21)8-10-15/h6-12,18H,2-5H2,1H3,(H,26,27)/t18-/m1/s1. The first-order valence-electron chi connectivity index (χ1n) is 8.64. The van der Waals surface area contributed by atoms with Crippen molar-refractivity contribution in [3.8, 4) is 0 Å². The van der Waals surface area contributed by atoms with E-state index in [0.29, 0.717) is 12.1 Å². The quantitative estimate of drug-likeness (QED) is 0.351. The van der Waals surface area contributed by atoms with Crippen LogP contribution in [0.1, 0.15) is 60.3 Å². The number of alkyl halides is 4. The largest absolute Gasteiger partial charge is 0.416 e. The summed E-state index contributed by atoms with van der Waals surface area (Å²) >= 11 is 3.26. The van der Waals surface area contributed by atoms with Gasteiger partial charge in [0, 0.05) is 15.7 Å². The lowest BCUT2D eigenvalue weighted by molar-refractivity contribution is -0.137. The second-order valence-corrected chi connectivity index (χ2v) is 7.14. The molecule has 2 aromatic rings. The molecule has 0 aliphatic carbocycles. The van der Waals surface area contributed by atoms with Gasteiger partial charge in [0.25, 0.3) is 5.91 Å². The van der Waals surface area contributed by atoms with E-state index < -0.39 is 23.8 Å². The van der Waals surface area contributed by atoms with Crippen LogP contribution in [-0.2, 0) is 6.18 Å². The molecule has 1 amide bonds. The molecular formula is C20H20BrF4NO. The van der Waals surface area contributed by atoms with Crippen molar-refractivity contribution >= 4 is 27.5 Å². The Bertz CT molecular complexity index is 775. The van der Waals surface area contributed by atoms with Crippen LogP contribution in [-0.4, -0.2) is 5.91 Å². The van der Waals surface area contributed by atoms with E-state index in [0.717, 1.165) is 35.5 Å². The summed E-state index contributed by atoms with van der Waals surface area (Å²) in [5.74, 6) is -0.767. The van der Waals surface area contributed by atoms with Crippen LogP contribution in [0.5, 0.6) is 0 Å². The summed E-state index contributed by atoms with van der Waals surface area (Å²) in [5, 5.41) is 2.53. The lowest BCUT2D eigenvalue weighted by Gasteiger charge is -2.16. The van der Waals surface area contributed by atoms with Crippen molar-refractivity contribution in [3.63, 3.8) is 0 Å². The molecule has 0 saturated carbocycles. The number of halogens is 5. The Morgan fingerprint density at radius 1 is 1.11 bits per heavy atom. The number of hydrogen-bond acceptors (Lipinski definition) is 1. The maximum Gasteiger partial charge on any atom is 0.416 e. The van der Waals surface area contributed by atoms with Crippen molar-refractivity contribution in [1.82, 2.24) is 0 Å². The first-order chi connectivity index (χ1) is 12.7. The average molecular weight is 446 g/mol. The number of amides is 1. The number of unbranched alkanes of at least 4 members (excludes halogenated alkanes) is 2. The molecule has 0 heterocycles. The Morgan fingerprint density at radius 2 is 1.78 bits per heavy atom. The van der Waals surface area contributed by atoms with Gasteiger partial charge in [-0.25, -0.2) is 4.39 Å². The molecule has 0 bridgehead atoms. The summed E-state index contributed by atoms with van der Waals surface area (Å²) in [4.78, 5) is 12.6. The maximum absolute atomic E-state index is 14.6. The number of carbonyl (C=O) groups excluding carboxylic acids is 1. The predicted octanol–water partition coefficient (Wildman–Crippen LogP) is 7.31. The monoisotopic (exact) mass is 445 g/mol. The first-order valence-corrected chi connectivity index (χ1v) is 9.43. The summed E-state index contributed by atoms with van der Waals surface area (Å²) in [7, 11) is 0. The van der Waals surface area contributed by atoms with Gasteiger partial charge in [-0.15, -0.1) is 0 Å². The smallest absolute Gasteiger partial charge is 0.322 e. The zero-order valence-electron chi connectivity index (χ0n) is 14.7. The zero-order valence-corrected chi connectivity index (χ0v) is 16.3. The van der Waals surface area contributed by atoms with Gasteiger partial charge in [-0.1, -0.05) is 48.2 Å². The molecule has 1 atom stereocenters. The number of rotatable bonds is 7. The number of carbonyl (C=O) groups is 1. The molecule has 2 nitrogen and oxygen atoms in total. The molecule has 0 unspecified atom stereocenters. The van der Waals surface area contributed by atoms with Crippen molar-refractivity contribution in [3.05, 3.63) is 63.6 Å². The number of nitrogens with one attached hydrogen (secondary N) is 1. The SMILES string of the molecule is CCCCC[C@@H](F)c1ccc(C(F)(F)F)cc1C(=O)Nc1ccc(Br)cc1. The highest BCUT2D eigenvalue weighted by atomic mass is 79.9. The fraction of sp³-hybridized carbons (Fsp3) is 0.350. The van der Waals surface area contributed by atoms with E-state index >= 15 is 0 Å². The van der Waals surface area contributed by atoms with E-state index in [1.807, 2.05) is 6.92 Å². The van der Waals surface area contributed by atoms with Crippen LogP contribution in [0.15, 0.2) is 46.9 Å². The molecule has 27 heavy (non-hydrogen) atoms. The normalized spacial score (nSPS) is 12.7. The molecule has 2 aromatic carbocycles. The summed E-state index contributed by atoms with van der Waals surface area (Å²) in [6.07, 6.45) is -3.62. The molecule has 0 aliphatic heterocycles. The first kappa shape index (κ1) is 21.4. The minimum atomic E-state index is -4.61. The van der Waals surface area contributed by atoms with Crippen molar-refractivity contribution < 1.29 is 22.4 Å². The summed E-state index contributed by atoms with van der Waals surface area (Å²) in [6.45, 7) is 1.97. The van der Waals surface area contributed by atoms with Crippen LogP contribution in [0.4, 0.5) is 23.2 Å². The van der Waals surface area contributed by atoms with Gasteiger partial charge >= 0.3 is 6.18 Å². The van der Waals surface area contributed by atoms with E-state index in [9.17, 15) is 22.4 Å². The van der Waals surface area contributed by atoms with Gasteiger partial charge in [0.15, 0.2) is 0 Å². The van der Waals surface area contributed by atoms with E-state index in [2.05, 4.69) is 21.2 Å². The molecule has 0 aromatic heterocycles. The van der Waals surface area contributed by atoms with Crippen LogP contribution in [0.2, 0.25) is 0 Å². The zero-order chi connectivity index (χ0) is 20.0. The van der Waals surface area contributed by atoms with Crippen LogP contribution >= 0.6 is 15.9 Å². The van der Waals surface area contributed by atoms with E-state index in [1.165, 1.54) is 0 Å². The van der Waals surface area contributed by atoms with Gasteiger partial charge in [0.2, 0.25) is 0 Å². The number of benzene rings is 2. The fourth-order valence-electron chi connectivity index (χ4n) is 2.66. The van der Waals surface area contributed by atoms with Crippen molar-refractivity contribution in [2.24, 2.45) is 0 Å². The van der Waals surface area contributed by atoms with Gasteiger partial charge in [-0.05, 0) is 48.4 Å². The Labute approximate surface area is 164 Å². The van der Waals surface area contributed by atoms with Gasteiger partial charge in [-0.2, -0.15) is 13.2 Å². The Balaban J connectivity index is 2.33. The molecule has 0 fully saturated rings. The average Bonchev–Trinajstić information content (AvgIpc) is 2.62. The second-order valence-electron chi connectivity index (χ2n) is 6.22. The molecule has 0 radical (unpaired) electrons. The molecule has 7 heteroatoms. The summed E-state index contributed by atoms with van der Waals surface area (Å²) < 4.78 is 54.6. The summed E-state index contributed by atoms with van der Waals surface area (Å²) in [5.41, 5.74) is -0.883. The fourth-order valence-corrected chi connectivity index (χ4v) is 2.93. The van der Waals surface area contributed by atoms with Crippen LogP contribution < -0.4 is 5.32 Å². The van der Waals surface area contributed by atoms with Crippen LogP contribution in [0, 0.1) is 0 Å². The topological polar surface area (TPSA) is 29.1 Å². The van der Waals surface area contributed by atoms with Crippen molar-refractivity contribution in [1.29, 1.82) is 0 Å². The van der Waals surface area contributed by atoms with E-state index in [1.54, 1.807) is 24.3 Å². The molecular weight excluding hydrogens is 426 g/mol. The third-order valence-electron chi connectivity index (χ3n) is 4.13. The molecule has 1 N–H and O–H groups in total. The minimum absolute atomic E-state index is 0.0197. The Kier molecular flexibility index (Phi) is 7.41. The van der Waals surface area contributed by atoms with Gasteiger partial charge in [0.05, 0.1) is 5.56 Å². The third-order valence-corrected chi connectivity index (χ3v) is 4.65. The number of anilines is 1. The van der Waals surface area contributed by atoms with Gasteiger partial charge in [0.1, 0.15) is 6.17 Å². The lowest BCUT2D eigenvalue weighted by atomic mass is 9.96. The lowest BCUT2D eigenvalue weighted by Crippen LogP contribution is -2.17. The molecule has 0 aliphatic rings. The minimum Gasteiger partial charge on any atom is -0.322 e.